The number of carboxylic acid groups (broad SMARTS) is 1. The van der Waals surface area contributed by atoms with Crippen LogP contribution in [-0.2, 0) is 85.4 Å². The average molecular weight is 1190 g/mol. The summed E-state index contributed by atoms with van der Waals surface area (Å²) in [4.78, 5) is 36.2. The van der Waals surface area contributed by atoms with Gasteiger partial charge in [0, 0.05) is 13.8 Å². The molecule has 0 aromatic carbocycles. The predicted octanol–water partition coefficient (Wildman–Crippen LogP) is -13.8. The zero-order chi connectivity index (χ0) is 59.6. The van der Waals surface area contributed by atoms with E-state index in [1.807, 2.05) is 0 Å². The number of rotatable bonds is 19. The van der Waals surface area contributed by atoms with Crippen LogP contribution in [0.1, 0.15) is 13.8 Å². The zero-order valence-electron chi connectivity index (χ0n) is 42.6. The average Bonchev–Trinajstić information content (AvgIpc) is 3.55. The Kier molecular flexibility index (Phi) is 22.8. The first kappa shape index (κ1) is 65.7. The van der Waals surface area contributed by atoms with Crippen LogP contribution >= 0.6 is 0 Å². The third kappa shape index (κ3) is 14.5. The van der Waals surface area contributed by atoms with Crippen LogP contribution in [0.2, 0.25) is 0 Å². The Morgan fingerprint density at radius 1 is 0.370 bits per heavy atom. The van der Waals surface area contributed by atoms with Crippen molar-refractivity contribution in [2.75, 3.05) is 39.6 Å². The summed E-state index contributed by atoms with van der Waals surface area (Å²) in [5.41, 5.74) is 0. The van der Waals surface area contributed by atoms with E-state index < -0.39 is 260 Å². The van der Waals surface area contributed by atoms with Gasteiger partial charge in [-0.25, -0.2) is 4.79 Å². The van der Waals surface area contributed by atoms with Crippen molar-refractivity contribution >= 4 is 17.9 Å². The summed E-state index contributed by atoms with van der Waals surface area (Å²) in [6.07, 6.45) is -71.4. The number of hydrogen-bond acceptors (Lipinski definition) is 36. The van der Waals surface area contributed by atoms with Crippen molar-refractivity contribution in [2.24, 2.45) is 0 Å². The fourth-order valence-electron chi connectivity index (χ4n) is 9.70. The highest BCUT2D eigenvalue weighted by Gasteiger charge is 2.60. The number of carbonyl (C=O) groups excluding carboxylic acids is 2. The number of hydrogen-bond donors (Lipinski definition) is 19. The van der Waals surface area contributed by atoms with E-state index in [9.17, 15) is 111 Å². The van der Waals surface area contributed by atoms with Crippen molar-refractivity contribution < 1.29 is 182 Å². The fraction of sp³-hybridized carbons (Fsp3) is 0.932. The van der Waals surface area contributed by atoms with E-state index in [2.05, 4.69) is 0 Å². The molecule has 19 N–H and O–H groups in total. The fourth-order valence-corrected chi connectivity index (χ4v) is 9.70. The van der Waals surface area contributed by atoms with Gasteiger partial charge in [0.2, 0.25) is 0 Å². The Bertz CT molecular complexity index is 2030. The molecule has 7 rings (SSSR count). The third-order valence-corrected chi connectivity index (χ3v) is 14.3. The number of carboxylic acids is 1. The Balaban J connectivity index is 1.33. The standard InChI is InChI=1S/C44H70O37/c1-9(47)67-7-15-19(53)24(58)34(79-41-28(62)23(57)25(59)33(78-41)37(64)65)42(73-15)76-31-21(55)14(4-46)72-43(35(31)80-39-26(60)17(51)11(49)5-69-39)77-32-22(56)16(8-68-10(2)48)74-44(36(32)81-40-27(61)18(52)12(50)6-70-40)75-30-20(54)13(3-45)71-38(66)29(30)63/h11-36,38-46,49-63,66H,3-8H2,1-2H3,(H,64,65)/t11-,12-,13-,14-,15-,16-,17+,18+,19-,20-,21-,22-,23+,24+,25+,26-,27-,28-,29+,30+,31+,32+,33+,34+,35+,36+,38+,39+,40+,41+,42-,43-,44-/m1/s1. The van der Waals surface area contributed by atoms with Gasteiger partial charge in [0.25, 0.3) is 0 Å². The summed E-state index contributed by atoms with van der Waals surface area (Å²) in [5, 5.41) is 207. The van der Waals surface area contributed by atoms with Crippen molar-refractivity contribution in [3.8, 4) is 0 Å². The Hall–Kier alpha value is -2.83. The van der Waals surface area contributed by atoms with Crippen LogP contribution in [0.4, 0.5) is 0 Å². The topological polar surface area (TPSA) is 574 Å². The van der Waals surface area contributed by atoms with E-state index in [1.54, 1.807) is 0 Å². The molecule has 37 heteroatoms. The van der Waals surface area contributed by atoms with Crippen LogP contribution in [0.25, 0.3) is 0 Å². The quantitative estimate of drug-likeness (QED) is 0.0534. The van der Waals surface area contributed by atoms with Gasteiger partial charge in [0.1, 0.15) is 166 Å². The van der Waals surface area contributed by atoms with Crippen LogP contribution in [0.15, 0.2) is 0 Å². The first-order valence-electron chi connectivity index (χ1n) is 25.2. The minimum absolute atomic E-state index is 0.746. The molecule has 33 atom stereocenters. The minimum Gasteiger partial charge on any atom is -0.479 e. The van der Waals surface area contributed by atoms with Crippen molar-refractivity contribution in [1.29, 1.82) is 0 Å². The van der Waals surface area contributed by atoms with Gasteiger partial charge in [-0.1, -0.05) is 0 Å². The molecule has 0 unspecified atom stereocenters. The van der Waals surface area contributed by atoms with Gasteiger partial charge < -0.3 is 168 Å². The highest BCUT2D eigenvalue weighted by Crippen LogP contribution is 2.39. The molecule has 7 heterocycles. The summed E-state index contributed by atoms with van der Waals surface area (Å²) in [6, 6.07) is 0. The van der Waals surface area contributed by atoms with E-state index >= 15 is 0 Å². The molecule has 0 amide bonds. The Morgan fingerprint density at radius 3 is 1.22 bits per heavy atom. The number of ether oxygens (including phenoxy) is 15. The number of aliphatic hydroxyl groups is 18. The highest BCUT2D eigenvalue weighted by molar-refractivity contribution is 5.73. The molecule has 0 aromatic heterocycles. The van der Waals surface area contributed by atoms with E-state index in [0.717, 1.165) is 13.8 Å². The third-order valence-electron chi connectivity index (χ3n) is 14.3. The molecule has 0 saturated carbocycles. The lowest BCUT2D eigenvalue weighted by Gasteiger charge is -2.52. The van der Waals surface area contributed by atoms with Crippen molar-refractivity contribution in [2.45, 2.75) is 217 Å². The van der Waals surface area contributed by atoms with Gasteiger partial charge in [-0.3, -0.25) is 9.59 Å². The molecule has 0 spiro atoms. The Labute approximate surface area is 456 Å². The maximum Gasteiger partial charge on any atom is 0.335 e. The highest BCUT2D eigenvalue weighted by atomic mass is 16.8. The molecular weight excluding hydrogens is 1120 g/mol. The van der Waals surface area contributed by atoms with E-state index in [1.165, 1.54) is 0 Å². The van der Waals surface area contributed by atoms with Crippen LogP contribution in [0, 0.1) is 0 Å². The van der Waals surface area contributed by atoms with Crippen molar-refractivity contribution in [3.05, 3.63) is 0 Å². The lowest BCUT2D eigenvalue weighted by atomic mass is 9.94. The summed E-state index contributed by atoms with van der Waals surface area (Å²) < 4.78 is 85.6. The minimum atomic E-state index is -2.41. The van der Waals surface area contributed by atoms with Crippen LogP contribution in [-0.4, -0.2) is 357 Å². The van der Waals surface area contributed by atoms with Crippen molar-refractivity contribution in [3.63, 3.8) is 0 Å². The van der Waals surface area contributed by atoms with Gasteiger partial charge in [0.15, 0.2) is 50.1 Å². The lowest BCUT2D eigenvalue weighted by Crippen LogP contribution is -2.70. The molecule has 0 bridgehead atoms. The molecule has 0 aliphatic carbocycles. The maximum atomic E-state index is 12.2. The second kappa shape index (κ2) is 28.1. The maximum absolute atomic E-state index is 12.2. The zero-order valence-corrected chi connectivity index (χ0v) is 42.6. The van der Waals surface area contributed by atoms with Gasteiger partial charge in [-0.05, 0) is 0 Å². The molecule has 7 fully saturated rings. The van der Waals surface area contributed by atoms with Crippen LogP contribution < -0.4 is 0 Å². The molecule has 7 aliphatic heterocycles. The second-order valence-electron chi connectivity index (χ2n) is 19.9. The molecule has 81 heavy (non-hydrogen) atoms. The summed E-state index contributed by atoms with van der Waals surface area (Å²) >= 11 is 0. The lowest BCUT2D eigenvalue weighted by molar-refractivity contribution is -0.420. The molecule has 468 valence electrons. The second-order valence-corrected chi connectivity index (χ2v) is 19.9. The summed E-state index contributed by atoms with van der Waals surface area (Å²) in [6.45, 7) is -3.65. The van der Waals surface area contributed by atoms with Gasteiger partial charge >= 0.3 is 17.9 Å². The molecule has 37 nitrogen and oxygen atoms in total. The SMILES string of the molecule is CC(=O)OC[C@H]1O[C@H](O[C@H]2[C@H](O)[C@@H](CO)O[C@H](O[C@H]3[C@H](O)[C@@H](COC(C)=O)O[C@H](O[C@@H]4[C@H](O)[C@@H](O)O[C@H](CO)[C@H]4O)[C@H]3O[C@@H]3OC[C@@H](O)[C@H](O)[C@H]3O)[C@H]2O[C@@H]2OC[C@@H](O)[C@H](O)[C@H]2O)[C@@H](O[C@@H]2O[C@H](C(=O)O)[C@@H](O)[C@H](O)[C@H]2O)[C@@H](O)[C@@H]1O. The number of aliphatic carboxylic acids is 1. The van der Waals surface area contributed by atoms with E-state index in [0.29, 0.717) is 0 Å². The molecule has 0 aromatic rings. The number of aliphatic hydroxyl groups excluding tert-OH is 18. The molecule has 7 aliphatic rings. The van der Waals surface area contributed by atoms with Gasteiger partial charge in [0.05, 0.1) is 26.4 Å². The Morgan fingerprint density at radius 2 is 0.753 bits per heavy atom. The summed E-state index contributed by atoms with van der Waals surface area (Å²) in [5.74, 6) is -3.82. The number of carbonyl (C=O) groups is 3. The van der Waals surface area contributed by atoms with E-state index in [-0.39, 0.29) is 0 Å². The molecule has 7 saturated heterocycles. The first-order chi connectivity index (χ1) is 38.2. The smallest absolute Gasteiger partial charge is 0.335 e. The van der Waals surface area contributed by atoms with Crippen LogP contribution in [0.3, 0.4) is 0 Å². The van der Waals surface area contributed by atoms with Crippen molar-refractivity contribution in [1.82, 2.24) is 0 Å². The van der Waals surface area contributed by atoms with Crippen LogP contribution in [0.5, 0.6) is 0 Å². The molecular formula is C44H70O37. The largest absolute Gasteiger partial charge is 0.479 e. The monoisotopic (exact) mass is 1190 g/mol. The number of esters is 2. The van der Waals surface area contributed by atoms with Gasteiger partial charge in [-0.15, -0.1) is 0 Å². The summed E-state index contributed by atoms with van der Waals surface area (Å²) in [7, 11) is 0. The normalized spacial score (nSPS) is 49.9. The molecule has 0 radical (unpaired) electrons. The first-order valence-corrected chi connectivity index (χ1v) is 25.2. The van der Waals surface area contributed by atoms with E-state index in [4.69, 9.17) is 71.1 Å². The predicted molar refractivity (Wildman–Crippen MR) is 239 cm³/mol. The van der Waals surface area contributed by atoms with Gasteiger partial charge in [-0.2, -0.15) is 0 Å².